The molecule has 5 aromatic carbocycles. The zero-order valence-corrected chi connectivity index (χ0v) is 22.6. The molecule has 1 aliphatic rings. The molecule has 0 fully saturated rings. The first-order valence-corrected chi connectivity index (χ1v) is 13.7. The van der Waals surface area contributed by atoms with Crippen LogP contribution in [-0.4, -0.2) is 11.1 Å². The number of aryl methyl sites for hydroxylation is 1. The Morgan fingerprint density at radius 1 is 0.575 bits per heavy atom. The first kappa shape index (κ1) is 25.3. The van der Waals surface area contributed by atoms with E-state index in [4.69, 9.17) is 0 Å². The number of allylic oxidation sites excluding steroid dienone is 2. The highest BCUT2D eigenvalue weighted by Crippen LogP contribution is 2.37. The molecule has 3 heteroatoms. The molecule has 0 saturated heterocycles. The van der Waals surface area contributed by atoms with Crippen LogP contribution in [0.3, 0.4) is 0 Å². The fourth-order valence-corrected chi connectivity index (χ4v) is 5.34. The van der Waals surface area contributed by atoms with Gasteiger partial charge in [0.1, 0.15) is 5.75 Å². The van der Waals surface area contributed by atoms with Crippen LogP contribution in [0.25, 0.3) is 11.1 Å². The Kier molecular flexibility index (Phi) is 7.19. The SMILES string of the molecule is Cc1cccc(N(c2ccc(-c3ccc(N(c4ccccc4)c4cccc(O)c4)cc3)cc2)C2C=CC=CC2)c1. The average molecular weight is 521 g/mol. The van der Waals surface area contributed by atoms with Gasteiger partial charge in [0, 0.05) is 34.5 Å². The van der Waals surface area contributed by atoms with E-state index in [2.05, 4.69) is 126 Å². The van der Waals surface area contributed by atoms with E-state index in [1.54, 1.807) is 12.1 Å². The predicted molar refractivity (Wildman–Crippen MR) is 168 cm³/mol. The summed E-state index contributed by atoms with van der Waals surface area (Å²) in [5, 5.41) is 10.1. The second-order valence-corrected chi connectivity index (χ2v) is 10.1. The second-order valence-electron chi connectivity index (χ2n) is 10.1. The van der Waals surface area contributed by atoms with Crippen molar-refractivity contribution in [3.05, 3.63) is 157 Å². The molecule has 0 aromatic heterocycles. The van der Waals surface area contributed by atoms with Crippen molar-refractivity contribution in [1.82, 2.24) is 0 Å². The van der Waals surface area contributed by atoms with Gasteiger partial charge in [-0.25, -0.2) is 0 Å². The highest BCUT2D eigenvalue weighted by Gasteiger charge is 2.19. The summed E-state index contributed by atoms with van der Waals surface area (Å²) < 4.78 is 0. The number of benzene rings is 5. The van der Waals surface area contributed by atoms with Crippen molar-refractivity contribution in [1.29, 1.82) is 0 Å². The smallest absolute Gasteiger partial charge is 0.117 e. The first-order chi connectivity index (χ1) is 19.7. The molecule has 0 bridgehead atoms. The lowest BCUT2D eigenvalue weighted by Crippen LogP contribution is -2.29. The van der Waals surface area contributed by atoms with Gasteiger partial charge >= 0.3 is 0 Å². The molecule has 5 aromatic rings. The molecular formula is C37H32N2O. The number of phenols is 1. The molecule has 1 atom stereocenters. The number of phenolic OH excluding ortho intramolecular Hbond substituents is 1. The number of rotatable bonds is 7. The van der Waals surface area contributed by atoms with Gasteiger partial charge in [-0.1, -0.05) is 85.0 Å². The fourth-order valence-electron chi connectivity index (χ4n) is 5.34. The van der Waals surface area contributed by atoms with Crippen LogP contribution in [0.4, 0.5) is 28.4 Å². The number of hydrogen-bond donors (Lipinski definition) is 1. The van der Waals surface area contributed by atoms with Gasteiger partial charge in [0.2, 0.25) is 0 Å². The summed E-state index contributed by atoms with van der Waals surface area (Å²) in [5.74, 6) is 0.245. The lowest BCUT2D eigenvalue weighted by molar-refractivity contribution is 0.475. The quantitative estimate of drug-likeness (QED) is 0.231. The van der Waals surface area contributed by atoms with Crippen molar-refractivity contribution in [3.8, 4) is 16.9 Å². The van der Waals surface area contributed by atoms with Crippen LogP contribution in [0.15, 0.2) is 152 Å². The molecular weight excluding hydrogens is 488 g/mol. The predicted octanol–water partition coefficient (Wildman–Crippen LogP) is 9.86. The zero-order valence-electron chi connectivity index (χ0n) is 22.6. The summed E-state index contributed by atoms with van der Waals surface area (Å²) >= 11 is 0. The van der Waals surface area contributed by atoms with E-state index in [1.807, 2.05) is 30.3 Å². The molecule has 0 spiro atoms. The summed E-state index contributed by atoms with van der Waals surface area (Å²) in [7, 11) is 0. The highest BCUT2D eigenvalue weighted by molar-refractivity contribution is 5.79. The summed E-state index contributed by atoms with van der Waals surface area (Å²) in [5.41, 5.74) is 8.93. The summed E-state index contributed by atoms with van der Waals surface area (Å²) in [6.45, 7) is 2.14. The van der Waals surface area contributed by atoms with Gasteiger partial charge in [0.25, 0.3) is 0 Å². The molecule has 3 nitrogen and oxygen atoms in total. The third-order valence-corrected chi connectivity index (χ3v) is 7.28. The van der Waals surface area contributed by atoms with E-state index in [9.17, 15) is 5.11 Å². The number of anilines is 5. The van der Waals surface area contributed by atoms with Crippen molar-refractivity contribution < 1.29 is 5.11 Å². The van der Waals surface area contributed by atoms with Crippen molar-refractivity contribution >= 4 is 28.4 Å². The molecule has 196 valence electrons. The Hall–Kier alpha value is -5.02. The molecule has 0 heterocycles. The Morgan fingerprint density at radius 2 is 1.20 bits per heavy atom. The summed E-state index contributed by atoms with van der Waals surface area (Å²) in [6.07, 6.45) is 9.75. The van der Waals surface area contributed by atoms with Gasteiger partial charge in [0.15, 0.2) is 0 Å². The number of nitrogens with zero attached hydrogens (tertiary/aromatic N) is 2. The lowest BCUT2D eigenvalue weighted by atomic mass is 10.0. The van der Waals surface area contributed by atoms with Crippen molar-refractivity contribution in [2.45, 2.75) is 19.4 Å². The minimum Gasteiger partial charge on any atom is -0.508 e. The lowest BCUT2D eigenvalue weighted by Gasteiger charge is -2.33. The molecule has 6 rings (SSSR count). The third-order valence-electron chi connectivity index (χ3n) is 7.28. The van der Waals surface area contributed by atoms with Gasteiger partial charge in [-0.3, -0.25) is 0 Å². The van der Waals surface area contributed by atoms with Gasteiger partial charge in [0.05, 0.1) is 6.04 Å². The molecule has 1 unspecified atom stereocenters. The van der Waals surface area contributed by atoms with Crippen molar-refractivity contribution in [2.24, 2.45) is 0 Å². The molecule has 0 amide bonds. The van der Waals surface area contributed by atoms with E-state index in [-0.39, 0.29) is 11.8 Å². The summed E-state index contributed by atoms with van der Waals surface area (Å²) in [4.78, 5) is 4.57. The monoisotopic (exact) mass is 520 g/mol. The maximum absolute atomic E-state index is 10.1. The zero-order chi connectivity index (χ0) is 27.3. The molecule has 40 heavy (non-hydrogen) atoms. The molecule has 1 N–H and O–H groups in total. The fraction of sp³-hybridized carbons (Fsp3) is 0.0811. The third kappa shape index (κ3) is 5.41. The second kappa shape index (κ2) is 11.4. The van der Waals surface area contributed by atoms with Gasteiger partial charge < -0.3 is 14.9 Å². The maximum atomic E-state index is 10.1. The normalized spacial score (nSPS) is 14.2. The van der Waals surface area contributed by atoms with Gasteiger partial charge in [-0.15, -0.1) is 0 Å². The number of aromatic hydroxyl groups is 1. The van der Waals surface area contributed by atoms with Gasteiger partial charge in [-0.05, 0) is 90.7 Å². The van der Waals surface area contributed by atoms with Crippen LogP contribution in [0.2, 0.25) is 0 Å². The van der Waals surface area contributed by atoms with Crippen LogP contribution in [0.1, 0.15) is 12.0 Å². The molecule has 0 radical (unpaired) electrons. The standard InChI is InChI=1S/C37H32N2O/c1-28-10-8-15-35(26-28)38(31-11-4-2-5-12-31)33-22-18-29(19-23-33)30-20-24-34(25-21-30)39(32-13-6-3-7-14-32)36-16-9-17-37(40)27-36/h2-11,13-27,31,40H,12H2,1H3. The van der Waals surface area contributed by atoms with Gasteiger partial charge in [-0.2, -0.15) is 0 Å². The molecule has 1 aliphatic carbocycles. The van der Waals surface area contributed by atoms with E-state index in [0.717, 1.165) is 29.0 Å². The number of para-hydroxylation sites is 1. The Labute approximate surface area is 236 Å². The highest BCUT2D eigenvalue weighted by atomic mass is 16.3. The van der Waals surface area contributed by atoms with Crippen LogP contribution in [0.5, 0.6) is 5.75 Å². The van der Waals surface area contributed by atoms with E-state index in [0.29, 0.717) is 0 Å². The average Bonchev–Trinajstić information content (AvgIpc) is 3.00. The molecule has 0 aliphatic heterocycles. The first-order valence-electron chi connectivity index (χ1n) is 13.7. The topological polar surface area (TPSA) is 26.7 Å². The Bertz CT molecular complexity index is 1640. The van der Waals surface area contributed by atoms with Crippen molar-refractivity contribution in [3.63, 3.8) is 0 Å². The largest absolute Gasteiger partial charge is 0.508 e. The molecule has 0 saturated carbocycles. The minimum atomic E-state index is 0.245. The van der Waals surface area contributed by atoms with Crippen molar-refractivity contribution in [2.75, 3.05) is 9.80 Å². The Balaban J connectivity index is 1.30. The van der Waals surface area contributed by atoms with Crippen LogP contribution in [-0.2, 0) is 0 Å². The van der Waals surface area contributed by atoms with E-state index >= 15 is 0 Å². The van der Waals surface area contributed by atoms with E-state index < -0.39 is 0 Å². The minimum absolute atomic E-state index is 0.245. The van der Waals surface area contributed by atoms with E-state index in [1.165, 1.54) is 22.5 Å². The summed E-state index contributed by atoms with van der Waals surface area (Å²) in [6, 6.07) is 44.0. The van der Waals surface area contributed by atoms with Crippen LogP contribution < -0.4 is 9.80 Å². The number of hydrogen-bond acceptors (Lipinski definition) is 3. The van der Waals surface area contributed by atoms with Crippen LogP contribution in [0, 0.1) is 6.92 Å². The maximum Gasteiger partial charge on any atom is 0.117 e. The van der Waals surface area contributed by atoms with Crippen LogP contribution >= 0.6 is 0 Å². The Morgan fingerprint density at radius 3 is 1.85 bits per heavy atom.